The summed E-state index contributed by atoms with van der Waals surface area (Å²) in [6, 6.07) is 16.8. The van der Waals surface area contributed by atoms with Gasteiger partial charge in [0, 0.05) is 17.1 Å². The fourth-order valence-corrected chi connectivity index (χ4v) is 2.37. The van der Waals surface area contributed by atoms with E-state index in [0.29, 0.717) is 12.0 Å². The molecule has 0 N–H and O–H groups in total. The molecular formula is C17H13NO2. The molecule has 3 rings (SSSR count). The smallest absolute Gasteiger partial charge is 0.235 e. The highest BCUT2D eigenvalue weighted by atomic mass is 16.2. The van der Waals surface area contributed by atoms with Gasteiger partial charge in [0.15, 0.2) is 6.29 Å². The Morgan fingerprint density at radius 2 is 1.80 bits per heavy atom. The number of carbonyl (C=O) groups is 2. The van der Waals surface area contributed by atoms with Crippen molar-refractivity contribution in [2.24, 2.45) is 0 Å². The highest BCUT2D eigenvalue weighted by Gasteiger charge is 2.11. The lowest BCUT2D eigenvalue weighted by molar-refractivity contribution is 0.0919. The zero-order valence-corrected chi connectivity index (χ0v) is 10.8. The van der Waals surface area contributed by atoms with Crippen molar-refractivity contribution in [3.05, 3.63) is 71.9 Å². The van der Waals surface area contributed by atoms with Crippen LogP contribution >= 0.6 is 0 Å². The maximum absolute atomic E-state index is 12.4. The number of rotatable bonds is 3. The van der Waals surface area contributed by atoms with Gasteiger partial charge in [-0.15, -0.1) is 0 Å². The van der Waals surface area contributed by atoms with Gasteiger partial charge >= 0.3 is 0 Å². The number of nitrogens with zero attached hydrogens (tertiary/aromatic N) is 1. The Labute approximate surface area is 116 Å². The summed E-state index contributed by atoms with van der Waals surface area (Å²) in [6.45, 7) is 0. The molecule has 1 heterocycles. The molecule has 3 heteroatoms. The number of carbonyl (C=O) groups excluding carboxylic acids is 2. The van der Waals surface area contributed by atoms with Crippen LogP contribution in [0.25, 0.3) is 10.9 Å². The van der Waals surface area contributed by atoms with E-state index in [1.54, 1.807) is 22.9 Å². The molecule has 0 aliphatic rings. The first kappa shape index (κ1) is 12.4. The summed E-state index contributed by atoms with van der Waals surface area (Å²) < 4.78 is 1.61. The molecule has 3 aromatic rings. The van der Waals surface area contributed by atoms with E-state index < -0.39 is 0 Å². The SMILES string of the molecule is O=Cc1cccc2c1ccn2C(=O)Cc1ccccc1. The van der Waals surface area contributed by atoms with Crippen molar-refractivity contribution in [1.82, 2.24) is 4.57 Å². The van der Waals surface area contributed by atoms with Crippen LogP contribution in [-0.2, 0) is 6.42 Å². The largest absolute Gasteiger partial charge is 0.298 e. The van der Waals surface area contributed by atoms with Gasteiger partial charge in [-0.05, 0) is 17.7 Å². The van der Waals surface area contributed by atoms with E-state index in [1.807, 2.05) is 42.5 Å². The molecule has 0 aliphatic carbocycles. The van der Waals surface area contributed by atoms with Gasteiger partial charge in [-0.25, -0.2) is 0 Å². The van der Waals surface area contributed by atoms with E-state index in [4.69, 9.17) is 0 Å². The summed E-state index contributed by atoms with van der Waals surface area (Å²) in [5.74, 6) is -0.00533. The van der Waals surface area contributed by atoms with E-state index in [2.05, 4.69) is 0 Å². The second-order valence-corrected chi connectivity index (χ2v) is 4.64. The first-order valence-corrected chi connectivity index (χ1v) is 6.42. The van der Waals surface area contributed by atoms with Crippen LogP contribution in [0.1, 0.15) is 20.7 Å². The molecule has 0 bridgehead atoms. The zero-order chi connectivity index (χ0) is 13.9. The minimum atomic E-state index is -0.00533. The summed E-state index contributed by atoms with van der Waals surface area (Å²) in [7, 11) is 0. The first-order valence-electron chi connectivity index (χ1n) is 6.42. The molecule has 3 nitrogen and oxygen atoms in total. The third-order valence-electron chi connectivity index (χ3n) is 3.36. The van der Waals surface area contributed by atoms with E-state index in [9.17, 15) is 9.59 Å². The molecule has 0 saturated heterocycles. The molecular weight excluding hydrogens is 250 g/mol. The molecule has 20 heavy (non-hydrogen) atoms. The minimum absolute atomic E-state index is 0.00533. The number of fused-ring (bicyclic) bond motifs is 1. The highest BCUT2D eigenvalue weighted by Crippen LogP contribution is 2.19. The number of aromatic nitrogens is 1. The first-order chi connectivity index (χ1) is 9.79. The van der Waals surface area contributed by atoms with Gasteiger partial charge < -0.3 is 0 Å². The van der Waals surface area contributed by atoms with Crippen molar-refractivity contribution in [1.29, 1.82) is 0 Å². The Kier molecular flexibility index (Phi) is 3.17. The molecule has 2 aromatic carbocycles. The van der Waals surface area contributed by atoms with Crippen LogP contribution in [0, 0.1) is 0 Å². The molecule has 0 saturated carbocycles. The van der Waals surface area contributed by atoms with E-state index in [0.717, 1.165) is 22.8 Å². The summed E-state index contributed by atoms with van der Waals surface area (Å²) in [5, 5.41) is 0.809. The van der Waals surface area contributed by atoms with E-state index in [1.165, 1.54) is 0 Å². The van der Waals surface area contributed by atoms with Crippen LogP contribution in [0.5, 0.6) is 0 Å². The standard InChI is InChI=1S/C17H13NO2/c19-12-14-7-4-8-16-15(14)9-10-18(16)17(20)11-13-5-2-1-3-6-13/h1-10,12H,11H2. The lowest BCUT2D eigenvalue weighted by atomic mass is 10.1. The summed E-state index contributed by atoms with van der Waals surface area (Å²) in [4.78, 5) is 23.4. The lowest BCUT2D eigenvalue weighted by Crippen LogP contribution is -2.12. The number of hydrogen-bond acceptors (Lipinski definition) is 2. The fourth-order valence-electron chi connectivity index (χ4n) is 2.37. The number of benzene rings is 2. The average Bonchev–Trinajstić information content (AvgIpc) is 2.92. The zero-order valence-electron chi connectivity index (χ0n) is 10.8. The summed E-state index contributed by atoms with van der Waals surface area (Å²) in [6.07, 6.45) is 2.88. The topological polar surface area (TPSA) is 39.1 Å². The van der Waals surface area contributed by atoms with Crippen LogP contribution in [0.4, 0.5) is 0 Å². The normalized spacial score (nSPS) is 10.6. The Balaban J connectivity index is 1.98. The molecule has 0 radical (unpaired) electrons. The quantitative estimate of drug-likeness (QED) is 0.680. The fraction of sp³-hybridized carbons (Fsp3) is 0.0588. The molecule has 0 atom stereocenters. The Hall–Kier alpha value is -2.68. The van der Waals surface area contributed by atoms with Crippen molar-refractivity contribution in [3.8, 4) is 0 Å². The van der Waals surface area contributed by atoms with Gasteiger partial charge in [0.25, 0.3) is 0 Å². The number of aldehydes is 1. The third kappa shape index (κ3) is 2.14. The molecule has 98 valence electrons. The second kappa shape index (κ2) is 5.13. The Bertz CT molecular complexity index is 772. The maximum atomic E-state index is 12.4. The van der Waals surface area contributed by atoms with Crippen molar-refractivity contribution in [2.45, 2.75) is 6.42 Å². The van der Waals surface area contributed by atoms with Crippen LogP contribution in [-0.4, -0.2) is 16.8 Å². The van der Waals surface area contributed by atoms with E-state index >= 15 is 0 Å². The Morgan fingerprint density at radius 3 is 2.55 bits per heavy atom. The Morgan fingerprint density at radius 1 is 1.00 bits per heavy atom. The number of hydrogen-bond donors (Lipinski definition) is 0. The third-order valence-corrected chi connectivity index (χ3v) is 3.36. The van der Waals surface area contributed by atoms with Crippen LogP contribution < -0.4 is 0 Å². The van der Waals surface area contributed by atoms with Crippen LogP contribution in [0.15, 0.2) is 60.8 Å². The van der Waals surface area contributed by atoms with Crippen molar-refractivity contribution < 1.29 is 9.59 Å². The predicted molar refractivity (Wildman–Crippen MR) is 78.1 cm³/mol. The van der Waals surface area contributed by atoms with Gasteiger partial charge in [-0.3, -0.25) is 14.2 Å². The molecule has 0 fully saturated rings. The molecule has 0 aliphatic heterocycles. The monoisotopic (exact) mass is 263 g/mol. The average molecular weight is 263 g/mol. The minimum Gasteiger partial charge on any atom is -0.298 e. The highest BCUT2D eigenvalue weighted by molar-refractivity contribution is 6.01. The van der Waals surface area contributed by atoms with Crippen LogP contribution in [0.2, 0.25) is 0 Å². The molecule has 0 amide bonds. The maximum Gasteiger partial charge on any atom is 0.235 e. The van der Waals surface area contributed by atoms with Crippen molar-refractivity contribution in [3.63, 3.8) is 0 Å². The van der Waals surface area contributed by atoms with Crippen molar-refractivity contribution >= 4 is 23.1 Å². The van der Waals surface area contributed by atoms with Gasteiger partial charge in [0.2, 0.25) is 5.91 Å². The molecule has 0 unspecified atom stereocenters. The van der Waals surface area contributed by atoms with Gasteiger partial charge in [-0.1, -0.05) is 42.5 Å². The van der Waals surface area contributed by atoms with E-state index in [-0.39, 0.29) is 5.91 Å². The van der Waals surface area contributed by atoms with Gasteiger partial charge in [0.1, 0.15) is 0 Å². The second-order valence-electron chi connectivity index (χ2n) is 4.64. The molecule has 1 aromatic heterocycles. The van der Waals surface area contributed by atoms with Gasteiger partial charge in [0.05, 0.1) is 11.9 Å². The van der Waals surface area contributed by atoms with Gasteiger partial charge in [-0.2, -0.15) is 0 Å². The predicted octanol–water partition coefficient (Wildman–Crippen LogP) is 3.34. The summed E-state index contributed by atoms with van der Waals surface area (Å²) >= 11 is 0. The van der Waals surface area contributed by atoms with Crippen molar-refractivity contribution in [2.75, 3.05) is 0 Å². The summed E-state index contributed by atoms with van der Waals surface area (Å²) in [5.41, 5.74) is 2.36. The lowest BCUT2D eigenvalue weighted by Gasteiger charge is -2.05. The van der Waals surface area contributed by atoms with Crippen LogP contribution in [0.3, 0.4) is 0 Å². The molecule has 0 spiro atoms.